The SMILES string of the molecule is CC/C(=C/N)c1nc(NCc2ccc(OCCCN3CCNCC3)nc2)cc(N2CCCCC2CCO)n1. The van der Waals surface area contributed by atoms with Crippen molar-refractivity contribution < 1.29 is 9.84 Å². The maximum Gasteiger partial charge on any atom is 0.213 e. The molecule has 0 aliphatic carbocycles. The number of piperazine rings is 1. The number of anilines is 2. The van der Waals surface area contributed by atoms with Crippen LogP contribution in [0, 0.1) is 0 Å². The molecule has 2 aliphatic heterocycles. The van der Waals surface area contributed by atoms with Gasteiger partial charge in [0.05, 0.1) is 6.61 Å². The van der Waals surface area contributed by atoms with E-state index in [-0.39, 0.29) is 12.6 Å². The zero-order chi connectivity index (χ0) is 26.6. The van der Waals surface area contributed by atoms with Crippen LogP contribution in [0.4, 0.5) is 11.6 Å². The fraction of sp³-hybridized carbons (Fsp3) is 0.607. The summed E-state index contributed by atoms with van der Waals surface area (Å²) in [7, 11) is 0. The molecule has 2 aromatic rings. The Labute approximate surface area is 226 Å². The van der Waals surface area contributed by atoms with Crippen LogP contribution in [0.2, 0.25) is 0 Å². The summed E-state index contributed by atoms with van der Waals surface area (Å²) in [5.74, 6) is 2.93. The molecule has 0 bridgehead atoms. The summed E-state index contributed by atoms with van der Waals surface area (Å²) in [4.78, 5) is 18.9. The summed E-state index contributed by atoms with van der Waals surface area (Å²) in [5, 5.41) is 16.4. The van der Waals surface area contributed by atoms with Gasteiger partial charge in [-0.2, -0.15) is 0 Å². The zero-order valence-corrected chi connectivity index (χ0v) is 22.7. The molecule has 2 aliphatic rings. The van der Waals surface area contributed by atoms with Crippen LogP contribution < -0.4 is 26.0 Å². The second kappa shape index (κ2) is 14.8. The van der Waals surface area contributed by atoms with Gasteiger partial charge in [-0.1, -0.05) is 13.0 Å². The lowest BCUT2D eigenvalue weighted by molar-refractivity contribution is 0.211. The maximum atomic E-state index is 9.58. The van der Waals surface area contributed by atoms with Gasteiger partial charge in [0.15, 0.2) is 5.82 Å². The van der Waals surface area contributed by atoms with Crippen molar-refractivity contribution in [3.8, 4) is 5.88 Å². The standard InChI is InChI=1S/C28H44N8O2/c1-2-23(19-29)28-33-25(18-26(34-28)36-13-4-3-6-24(36)9-16-37)31-20-22-7-8-27(32-21-22)38-17-5-12-35-14-10-30-11-15-35/h7-8,18-19,21,24,30,37H,2-6,9-17,20,29H2,1H3,(H,31,33,34)/b23-19-. The number of aromatic nitrogens is 3. The summed E-state index contributed by atoms with van der Waals surface area (Å²) in [6.07, 6.45) is 9.29. The Morgan fingerprint density at radius 2 is 2.11 bits per heavy atom. The van der Waals surface area contributed by atoms with Gasteiger partial charge in [-0.15, -0.1) is 0 Å². The molecule has 0 spiro atoms. The molecular weight excluding hydrogens is 480 g/mol. The van der Waals surface area contributed by atoms with E-state index in [1.54, 1.807) is 6.20 Å². The fourth-order valence-corrected chi connectivity index (χ4v) is 5.11. The van der Waals surface area contributed by atoms with Crippen molar-refractivity contribution in [3.05, 3.63) is 42.0 Å². The van der Waals surface area contributed by atoms with Crippen LogP contribution in [0.5, 0.6) is 5.88 Å². The predicted molar refractivity (Wildman–Crippen MR) is 152 cm³/mol. The summed E-state index contributed by atoms with van der Waals surface area (Å²) >= 11 is 0. The average molecular weight is 525 g/mol. The summed E-state index contributed by atoms with van der Waals surface area (Å²) in [5.41, 5.74) is 7.85. The monoisotopic (exact) mass is 524 g/mol. The predicted octanol–water partition coefficient (Wildman–Crippen LogP) is 2.61. The molecule has 4 heterocycles. The first kappa shape index (κ1) is 28.1. The number of aliphatic hydroxyl groups is 1. The molecule has 1 unspecified atom stereocenters. The van der Waals surface area contributed by atoms with Crippen LogP contribution in [-0.4, -0.2) is 83.5 Å². The number of piperidine rings is 1. The van der Waals surface area contributed by atoms with Gasteiger partial charge in [0.2, 0.25) is 5.88 Å². The van der Waals surface area contributed by atoms with Gasteiger partial charge in [0, 0.05) is 88.6 Å². The molecule has 38 heavy (non-hydrogen) atoms. The van der Waals surface area contributed by atoms with E-state index in [1.165, 1.54) is 6.42 Å². The van der Waals surface area contributed by atoms with Crippen molar-refractivity contribution in [1.29, 1.82) is 0 Å². The minimum Gasteiger partial charge on any atom is -0.478 e. The van der Waals surface area contributed by atoms with Crippen molar-refractivity contribution >= 4 is 17.2 Å². The smallest absolute Gasteiger partial charge is 0.213 e. The fourth-order valence-electron chi connectivity index (χ4n) is 5.11. The van der Waals surface area contributed by atoms with E-state index in [0.717, 1.165) is 94.1 Å². The van der Waals surface area contributed by atoms with Crippen LogP contribution in [0.25, 0.3) is 5.57 Å². The van der Waals surface area contributed by atoms with Gasteiger partial charge in [0.25, 0.3) is 0 Å². The van der Waals surface area contributed by atoms with Crippen LogP contribution in [0.1, 0.15) is 56.8 Å². The number of nitrogens with two attached hydrogens (primary N) is 1. The summed E-state index contributed by atoms with van der Waals surface area (Å²) in [6, 6.07) is 6.25. The van der Waals surface area contributed by atoms with Gasteiger partial charge >= 0.3 is 0 Å². The molecule has 0 aromatic carbocycles. The maximum absolute atomic E-state index is 9.58. The summed E-state index contributed by atoms with van der Waals surface area (Å²) < 4.78 is 5.86. The summed E-state index contributed by atoms with van der Waals surface area (Å²) in [6.45, 7) is 9.83. The van der Waals surface area contributed by atoms with E-state index >= 15 is 0 Å². The Balaban J connectivity index is 1.36. The Bertz CT molecular complexity index is 1010. The highest BCUT2D eigenvalue weighted by Crippen LogP contribution is 2.28. The average Bonchev–Trinajstić information content (AvgIpc) is 2.96. The molecule has 4 rings (SSSR count). The largest absolute Gasteiger partial charge is 0.478 e. The molecule has 0 radical (unpaired) electrons. The van der Waals surface area contributed by atoms with E-state index < -0.39 is 0 Å². The Morgan fingerprint density at radius 1 is 1.24 bits per heavy atom. The molecule has 10 heteroatoms. The zero-order valence-electron chi connectivity index (χ0n) is 22.7. The van der Waals surface area contributed by atoms with Crippen LogP contribution in [-0.2, 0) is 6.54 Å². The van der Waals surface area contributed by atoms with Crippen molar-refractivity contribution in [2.75, 3.05) is 62.7 Å². The number of hydrogen-bond acceptors (Lipinski definition) is 10. The first-order valence-corrected chi connectivity index (χ1v) is 14.1. The van der Waals surface area contributed by atoms with E-state index in [9.17, 15) is 5.11 Å². The number of allylic oxidation sites excluding steroid dienone is 1. The van der Waals surface area contributed by atoms with Crippen molar-refractivity contribution in [3.63, 3.8) is 0 Å². The van der Waals surface area contributed by atoms with Crippen molar-refractivity contribution in [1.82, 2.24) is 25.2 Å². The van der Waals surface area contributed by atoms with Gasteiger partial charge in [-0.25, -0.2) is 15.0 Å². The van der Waals surface area contributed by atoms with Gasteiger partial charge < -0.3 is 36.0 Å². The molecule has 0 saturated carbocycles. The quantitative estimate of drug-likeness (QED) is 0.291. The molecule has 10 nitrogen and oxygen atoms in total. The third-order valence-electron chi connectivity index (χ3n) is 7.32. The number of pyridine rings is 1. The third-order valence-corrected chi connectivity index (χ3v) is 7.32. The Morgan fingerprint density at radius 3 is 2.84 bits per heavy atom. The molecule has 2 saturated heterocycles. The number of rotatable bonds is 13. The normalized spacial score (nSPS) is 18.9. The minimum absolute atomic E-state index is 0.177. The second-order valence-corrected chi connectivity index (χ2v) is 9.99. The number of nitrogens with zero attached hydrogens (tertiary/aromatic N) is 5. The molecule has 0 amide bonds. The second-order valence-electron chi connectivity index (χ2n) is 9.99. The van der Waals surface area contributed by atoms with E-state index in [1.807, 2.05) is 24.4 Å². The molecule has 2 fully saturated rings. The highest BCUT2D eigenvalue weighted by Gasteiger charge is 2.24. The number of nitrogens with one attached hydrogen (secondary N) is 2. The van der Waals surface area contributed by atoms with Gasteiger partial charge in [-0.3, -0.25) is 0 Å². The highest BCUT2D eigenvalue weighted by atomic mass is 16.5. The lowest BCUT2D eigenvalue weighted by Crippen LogP contribution is -2.43. The molecule has 208 valence electrons. The topological polar surface area (TPSA) is 125 Å². The molecule has 5 N–H and O–H groups in total. The molecule has 2 aromatic heterocycles. The number of ether oxygens (including phenoxy) is 1. The van der Waals surface area contributed by atoms with Gasteiger partial charge in [0.1, 0.15) is 11.6 Å². The van der Waals surface area contributed by atoms with Crippen LogP contribution in [0.15, 0.2) is 30.6 Å². The van der Waals surface area contributed by atoms with Crippen LogP contribution in [0.3, 0.4) is 0 Å². The Hall–Kier alpha value is -2.95. The van der Waals surface area contributed by atoms with Crippen molar-refractivity contribution in [2.45, 2.75) is 58.0 Å². The Kier molecular flexibility index (Phi) is 11.0. The third kappa shape index (κ3) is 8.02. The lowest BCUT2D eigenvalue weighted by Gasteiger charge is -2.36. The minimum atomic E-state index is 0.177. The van der Waals surface area contributed by atoms with E-state index in [4.69, 9.17) is 20.4 Å². The molecule has 1 atom stereocenters. The number of hydrogen-bond donors (Lipinski definition) is 4. The first-order valence-electron chi connectivity index (χ1n) is 14.1. The lowest BCUT2D eigenvalue weighted by atomic mass is 9.99. The van der Waals surface area contributed by atoms with Crippen LogP contribution >= 0.6 is 0 Å². The van der Waals surface area contributed by atoms with Gasteiger partial charge in [-0.05, 0) is 44.1 Å². The first-order chi connectivity index (χ1) is 18.7. The molecular formula is C28H44N8O2. The van der Waals surface area contributed by atoms with E-state index in [2.05, 4.69) is 32.3 Å². The van der Waals surface area contributed by atoms with E-state index in [0.29, 0.717) is 24.9 Å². The number of aliphatic hydroxyl groups excluding tert-OH is 1. The highest BCUT2D eigenvalue weighted by molar-refractivity contribution is 5.63. The van der Waals surface area contributed by atoms with Crippen molar-refractivity contribution in [2.24, 2.45) is 5.73 Å².